The normalized spacial score (nSPS) is 21.3. The van der Waals surface area contributed by atoms with Crippen LogP contribution < -0.4 is 4.74 Å². The van der Waals surface area contributed by atoms with Gasteiger partial charge in [0.05, 0.1) is 13.7 Å². The summed E-state index contributed by atoms with van der Waals surface area (Å²) in [6, 6.07) is 6.43. The molecule has 1 aromatic rings. The minimum Gasteiger partial charge on any atom is -0.493 e. The molecule has 1 aliphatic carbocycles. The first-order valence-electron chi connectivity index (χ1n) is 13.1. The first kappa shape index (κ1) is 26.9. The van der Waals surface area contributed by atoms with Gasteiger partial charge in [0.25, 0.3) is 5.90 Å². The Labute approximate surface area is 219 Å². The summed E-state index contributed by atoms with van der Waals surface area (Å²) >= 11 is 0. The molecule has 0 spiro atoms. The van der Waals surface area contributed by atoms with E-state index in [0.717, 1.165) is 56.7 Å². The predicted molar refractivity (Wildman–Crippen MR) is 143 cm³/mol. The van der Waals surface area contributed by atoms with E-state index in [1.807, 2.05) is 6.08 Å². The minimum absolute atomic E-state index is 0.0798. The highest BCUT2D eigenvalue weighted by atomic mass is 16.5. The fourth-order valence-corrected chi connectivity index (χ4v) is 5.35. The second-order valence-electron chi connectivity index (χ2n) is 10.0. The number of aliphatic hydroxyl groups excluding tert-OH is 1. The Morgan fingerprint density at radius 2 is 2.05 bits per heavy atom. The van der Waals surface area contributed by atoms with Crippen molar-refractivity contribution < 1.29 is 24.1 Å². The Hall–Kier alpha value is -3.10. The molecule has 3 N–H and O–H groups in total. The smallest absolute Gasteiger partial charge is 0.256 e. The third-order valence-electron chi connectivity index (χ3n) is 7.27. The molecule has 1 aromatic carbocycles. The van der Waals surface area contributed by atoms with Crippen LogP contribution in [0.5, 0.6) is 5.75 Å². The lowest BCUT2D eigenvalue weighted by atomic mass is 9.85. The number of likely N-dealkylation sites (tertiary alicyclic amines) is 1. The molecule has 2 aliphatic heterocycles. The van der Waals surface area contributed by atoms with Gasteiger partial charge in [-0.25, -0.2) is 0 Å². The van der Waals surface area contributed by atoms with Crippen LogP contribution >= 0.6 is 0 Å². The average molecular weight is 510 g/mol. The lowest BCUT2D eigenvalue weighted by Gasteiger charge is -2.34. The van der Waals surface area contributed by atoms with Crippen molar-refractivity contribution >= 4 is 11.8 Å². The zero-order chi connectivity index (χ0) is 26.4. The van der Waals surface area contributed by atoms with Gasteiger partial charge in [-0.15, -0.1) is 0 Å². The van der Waals surface area contributed by atoms with Gasteiger partial charge < -0.3 is 29.0 Å². The quantitative estimate of drug-likeness (QED) is 0.256. The fraction of sp³-hybridized carbons (Fsp3) is 0.517. The molecule has 0 aromatic heterocycles. The van der Waals surface area contributed by atoms with Crippen molar-refractivity contribution in [2.75, 3.05) is 40.0 Å². The van der Waals surface area contributed by atoms with Crippen LogP contribution in [-0.2, 0) is 20.6 Å². The largest absolute Gasteiger partial charge is 0.493 e. The lowest BCUT2D eigenvalue weighted by Crippen LogP contribution is -2.40. The van der Waals surface area contributed by atoms with Crippen LogP contribution in [0.1, 0.15) is 50.2 Å². The second kappa shape index (κ2) is 12.4. The highest BCUT2D eigenvalue weighted by Gasteiger charge is 2.27. The van der Waals surface area contributed by atoms with Gasteiger partial charge in [0.1, 0.15) is 24.2 Å². The van der Waals surface area contributed by atoms with Crippen LogP contribution in [0.2, 0.25) is 0 Å². The van der Waals surface area contributed by atoms with Gasteiger partial charge in [0, 0.05) is 31.0 Å². The van der Waals surface area contributed by atoms with E-state index in [0.29, 0.717) is 18.2 Å². The summed E-state index contributed by atoms with van der Waals surface area (Å²) in [6.07, 6.45) is 9.07. The molecular formula is C29H39N3O5. The number of allylic oxidation sites excluding steroid dienone is 4. The first-order chi connectivity index (χ1) is 17.9. The van der Waals surface area contributed by atoms with E-state index < -0.39 is 6.10 Å². The Morgan fingerprint density at radius 1 is 1.27 bits per heavy atom. The van der Waals surface area contributed by atoms with Crippen LogP contribution in [0, 0.1) is 16.7 Å². The number of ether oxygens (including phenoxy) is 4. The Bertz CT molecular complexity index is 1090. The maximum Gasteiger partial charge on any atom is 0.256 e. The summed E-state index contributed by atoms with van der Waals surface area (Å²) in [6.45, 7) is 6.98. The number of β-amino-alcohol motifs (C(OH)–C–C–N with tert-alkyl or cyclic N) is 1. The van der Waals surface area contributed by atoms with E-state index in [9.17, 15) is 5.11 Å². The van der Waals surface area contributed by atoms with Crippen molar-refractivity contribution in [2.45, 2.75) is 51.6 Å². The molecule has 0 amide bonds. The zero-order valence-corrected chi connectivity index (χ0v) is 22.1. The van der Waals surface area contributed by atoms with E-state index in [2.05, 4.69) is 36.1 Å². The summed E-state index contributed by atoms with van der Waals surface area (Å²) in [7, 11) is 1.47. The third-order valence-corrected chi connectivity index (χ3v) is 7.27. The Kier molecular flexibility index (Phi) is 9.05. The van der Waals surface area contributed by atoms with Crippen LogP contribution in [0.4, 0.5) is 0 Å². The molecule has 0 saturated carbocycles. The van der Waals surface area contributed by atoms with Crippen molar-refractivity contribution in [3.05, 3.63) is 64.6 Å². The van der Waals surface area contributed by atoms with Crippen molar-refractivity contribution in [1.29, 1.82) is 10.8 Å². The molecule has 1 saturated heterocycles. The van der Waals surface area contributed by atoms with Gasteiger partial charge in [-0.3, -0.25) is 10.8 Å². The maximum absolute atomic E-state index is 10.8. The number of hydrogen-bond donors (Lipinski definition) is 3. The molecular weight excluding hydrogens is 470 g/mol. The lowest BCUT2D eigenvalue weighted by molar-refractivity contribution is 0.0383. The van der Waals surface area contributed by atoms with Crippen molar-refractivity contribution in [1.82, 2.24) is 4.90 Å². The molecule has 2 heterocycles. The predicted octanol–water partition coefficient (Wildman–Crippen LogP) is 4.55. The number of benzene rings is 1. The van der Waals surface area contributed by atoms with Crippen molar-refractivity contribution in [3.63, 3.8) is 0 Å². The van der Waals surface area contributed by atoms with E-state index in [1.165, 1.54) is 25.2 Å². The number of aliphatic hydroxyl groups is 1. The highest BCUT2D eigenvalue weighted by Crippen LogP contribution is 2.37. The summed E-state index contributed by atoms with van der Waals surface area (Å²) in [5.74, 6) is 2.33. The summed E-state index contributed by atoms with van der Waals surface area (Å²) in [4.78, 5) is 2.32. The molecule has 1 fully saturated rings. The van der Waals surface area contributed by atoms with Gasteiger partial charge in [-0.2, -0.15) is 0 Å². The number of piperidine rings is 1. The van der Waals surface area contributed by atoms with E-state index >= 15 is 0 Å². The molecule has 0 bridgehead atoms. The monoisotopic (exact) mass is 509 g/mol. The Morgan fingerprint density at radius 3 is 2.78 bits per heavy atom. The molecule has 200 valence electrons. The molecule has 4 rings (SSSR count). The number of rotatable bonds is 9. The standard InChI is InChI=1S/C29H39N3O5/c1-19-6-4-8-27(25(19)16-28(34-3)29(31)37-20(2)30)36-18-22(33)17-32-13-10-21(11-14-32)23-7-5-9-26-24(23)12-15-35-26/h4-5,7-9,16,19,21-22,30-31,33H,6,10-15,17-18H2,1-3H3/b28-16-,30-20?,31-29?. The number of methoxy groups -OCH3 is 1. The van der Waals surface area contributed by atoms with Gasteiger partial charge >= 0.3 is 0 Å². The SMILES string of the molecule is CO/C(=C\C1=C(OCC(O)CN2CCC(c3cccc4c3CCO4)CC2)C=CCC1C)C(=N)OC(C)=N. The maximum atomic E-state index is 10.8. The molecule has 0 radical (unpaired) electrons. The van der Waals surface area contributed by atoms with Crippen LogP contribution in [-0.4, -0.2) is 67.9 Å². The molecule has 2 atom stereocenters. The van der Waals surface area contributed by atoms with Crippen LogP contribution in [0.25, 0.3) is 0 Å². The van der Waals surface area contributed by atoms with E-state index in [4.69, 9.17) is 29.8 Å². The Balaban J connectivity index is 1.32. The zero-order valence-electron chi connectivity index (χ0n) is 22.1. The van der Waals surface area contributed by atoms with Crippen molar-refractivity contribution in [2.24, 2.45) is 5.92 Å². The van der Waals surface area contributed by atoms with Crippen LogP contribution in [0.15, 0.2) is 53.5 Å². The average Bonchev–Trinajstić information content (AvgIpc) is 3.36. The van der Waals surface area contributed by atoms with Crippen molar-refractivity contribution in [3.8, 4) is 5.75 Å². The van der Waals surface area contributed by atoms with Gasteiger partial charge in [-0.1, -0.05) is 25.1 Å². The minimum atomic E-state index is -0.613. The third kappa shape index (κ3) is 6.81. The van der Waals surface area contributed by atoms with Gasteiger partial charge in [0.2, 0.25) is 0 Å². The van der Waals surface area contributed by atoms with Gasteiger partial charge in [-0.05, 0) is 68.0 Å². The summed E-state index contributed by atoms with van der Waals surface area (Å²) in [5, 5.41) is 26.3. The fourth-order valence-electron chi connectivity index (χ4n) is 5.35. The molecule has 37 heavy (non-hydrogen) atoms. The van der Waals surface area contributed by atoms with Gasteiger partial charge in [0.15, 0.2) is 11.7 Å². The topological polar surface area (TPSA) is 108 Å². The highest BCUT2D eigenvalue weighted by molar-refractivity contribution is 5.97. The number of nitrogens with one attached hydrogen (secondary N) is 2. The molecule has 2 unspecified atom stereocenters. The van der Waals surface area contributed by atoms with E-state index in [-0.39, 0.29) is 30.1 Å². The summed E-state index contributed by atoms with van der Waals surface area (Å²) in [5.41, 5.74) is 3.70. The molecule has 3 aliphatic rings. The molecule has 8 nitrogen and oxygen atoms in total. The summed E-state index contributed by atoms with van der Waals surface area (Å²) < 4.78 is 22.2. The first-order valence-corrected chi connectivity index (χ1v) is 13.1. The number of hydrogen-bond acceptors (Lipinski definition) is 8. The number of nitrogens with zero attached hydrogens (tertiary/aromatic N) is 1. The molecule has 8 heteroatoms. The second-order valence-corrected chi connectivity index (χ2v) is 10.0. The number of fused-ring (bicyclic) bond motifs is 1. The van der Waals surface area contributed by atoms with Crippen LogP contribution in [0.3, 0.4) is 0 Å². The van der Waals surface area contributed by atoms with E-state index in [1.54, 1.807) is 6.08 Å².